The van der Waals surface area contributed by atoms with Crippen LogP contribution in [0.1, 0.15) is 70.2 Å². The van der Waals surface area contributed by atoms with E-state index in [1.165, 1.54) is 0 Å². The Hall–Kier alpha value is -2.61. The van der Waals surface area contributed by atoms with Crippen molar-refractivity contribution in [2.45, 2.75) is 65.5 Å². The molecule has 8 nitrogen and oxygen atoms in total. The third-order valence-corrected chi connectivity index (χ3v) is 5.60. The van der Waals surface area contributed by atoms with Crippen molar-refractivity contribution < 1.29 is 9.53 Å². The first-order chi connectivity index (χ1) is 15.1. The third-order valence-electron chi connectivity index (χ3n) is 5.60. The van der Waals surface area contributed by atoms with E-state index in [0.29, 0.717) is 5.92 Å². The molecule has 1 fully saturated rings. The molecule has 1 aliphatic rings. The van der Waals surface area contributed by atoms with E-state index in [1.807, 2.05) is 45.9 Å². The topological polar surface area (TPSA) is 75.5 Å². The lowest BCUT2D eigenvalue weighted by atomic mass is 10.0. The molecule has 1 atom stereocenters. The van der Waals surface area contributed by atoms with E-state index < -0.39 is 5.60 Å². The molecule has 0 radical (unpaired) electrons. The van der Waals surface area contributed by atoms with E-state index in [-0.39, 0.29) is 12.1 Å². The minimum Gasteiger partial charge on any atom is -0.444 e. The number of aryl methyl sites for hydroxylation is 1. The van der Waals surface area contributed by atoms with Gasteiger partial charge in [-0.15, -0.1) is 10.2 Å². The van der Waals surface area contributed by atoms with Gasteiger partial charge in [0.25, 0.3) is 0 Å². The first kappa shape index (κ1) is 24.0. The molecule has 1 N–H and O–H groups in total. The molecular weight excluding hydrogens is 404 g/mol. The van der Waals surface area contributed by atoms with Crippen LogP contribution in [0.2, 0.25) is 0 Å². The van der Waals surface area contributed by atoms with Crippen LogP contribution >= 0.6 is 0 Å². The highest BCUT2D eigenvalue weighted by molar-refractivity contribution is 5.68. The smallest absolute Gasteiger partial charge is 0.408 e. The lowest BCUT2D eigenvalue weighted by Gasteiger charge is -2.38. The van der Waals surface area contributed by atoms with Crippen molar-refractivity contribution in [1.82, 2.24) is 25.1 Å². The van der Waals surface area contributed by atoms with Crippen molar-refractivity contribution in [3.8, 4) is 0 Å². The number of ether oxygens (including phenoxy) is 1. The van der Waals surface area contributed by atoms with Gasteiger partial charge in [0.1, 0.15) is 11.4 Å². The van der Waals surface area contributed by atoms with Crippen LogP contribution in [-0.2, 0) is 4.74 Å². The molecule has 0 unspecified atom stereocenters. The van der Waals surface area contributed by atoms with Crippen LogP contribution in [0.3, 0.4) is 0 Å². The second-order valence-electron chi connectivity index (χ2n) is 9.77. The number of nitrogens with zero attached hydrogens (tertiary/aromatic N) is 5. The summed E-state index contributed by atoms with van der Waals surface area (Å²) in [5.74, 6) is 2.29. The van der Waals surface area contributed by atoms with Crippen LogP contribution in [0.15, 0.2) is 30.3 Å². The second kappa shape index (κ2) is 10.3. The van der Waals surface area contributed by atoms with Gasteiger partial charge in [-0.05, 0) is 39.7 Å². The van der Waals surface area contributed by atoms with Crippen LogP contribution < -0.4 is 10.3 Å². The molecule has 2 aromatic rings. The lowest BCUT2D eigenvalue weighted by molar-refractivity contribution is 0.0497. The van der Waals surface area contributed by atoms with E-state index in [9.17, 15) is 4.79 Å². The van der Waals surface area contributed by atoms with Crippen molar-refractivity contribution in [2.75, 3.05) is 37.7 Å². The predicted molar refractivity (Wildman–Crippen MR) is 126 cm³/mol. The Morgan fingerprint density at radius 1 is 1.09 bits per heavy atom. The van der Waals surface area contributed by atoms with E-state index in [2.05, 4.69) is 56.1 Å². The summed E-state index contributed by atoms with van der Waals surface area (Å²) >= 11 is 0. The average molecular weight is 443 g/mol. The number of alkyl carbamates (subject to hydrolysis) is 1. The number of benzene rings is 1. The molecule has 2 heterocycles. The van der Waals surface area contributed by atoms with Crippen LogP contribution in [0, 0.1) is 6.92 Å². The summed E-state index contributed by atoms with van der Waals surface area (Å²) in [6.07, 6.45) is 0.451. The van der Waals surface area contributed by atoms with Crippen molar-refractivity contribution in [3.63, 3.8) is 0 Å². The van der Waals surface area contributed by atoms with Crippen molar-refractivity contribution in [3.05, 3.63) is 47.5 Å². The van der Waals surface area contributed by atoms with E-state index in [1.54, 1.807) is 0 Å². The Bertz CT molecular complexity index is 866. The maximum Gasteiger partial charge on any atom is 0.408 e. The van der Waals surface area contributed by atoms with Gasteiger partial charge in [0.2, 0.25) is 0 Å². The first-order valence-electron chi connectivity index (χ1n) is 11.6. The molecular formula is C24H38N6O2. The second-order valence-corrected chi connectivity index (χ2v) is 9.77. The van der Waals surface area contributed by atoms with E-state index >= 15 is 0 Å². The first-order valence-corrected chi connectivity index (χ1v) is 11.6. The van der Waals surface area contributed by atoms with Gasteiger partial charge in [0.05, 0.1) is 6.04 Å². The quantitative estimate of drug-likeness (QED) is 0.706. The Kier molecular flexibility index (Phi) is 7.77. The number of aromatic nitrogens is 3. The Labute approximate surface area is 191 Å². The fourth-order valence-corrected chi connectivity index (χ4v) is 4.01. The van der Waals surface area contributed by atoms with Gasteiger partial charge in [-0.1, -0.05) is 44.2 Å². The van der Waals surface area contributed by atoms with Crippen LogP contribution in [-0.4, -0.2) is 64.2 Å². The maximum atomic E-state index is 12.4. The summed E-state index contributed by atoms with van der Waals surface area (Å²) < 4.78 is 7.67. The van der Waals surface area contributed by atoms with Gasteiger partial charge in [0.15, 0.2) is 5.82 Å². The summed E-state index contributed by atoms with van der Waals surface area (Å²) in [4.78, 5) is 14.9. The predicted octanol–water partition coefficient (Wildman–Crippen LogP) is 3.62. The fourth-order valence-electron chi connectivity index (χ4n) is 4.01. The number of nitrogens with one attached hydrogen (secondary N) is 1. The maximum absolute atomic E-state index is 12.4. The highest BCUT2D eigenvalue weighted by atomic mass is 16.6. The van der Waals surface area contributed by atoms with Gasteiger partial charge in [0, 0.05) is 38.6 Å². The highest BCUT2D eigenvalue weighted by Crippen LogP contribution is 2.20. The average Bonchev–Trinajstić information content (AvgIpc) is 3.12. The zero-order chi connectivity index (χ0) is 23.3. The van der Waals surface area contributed by atoms with Crippen LogP contribution in [0.5, 0.6) is 0 Å². The number of hydrogen-bond donors (Lipinski definition) is 1. The zero-order valence-electron chi connectivity index (χ0n) is 20.3. The van der Waals surface area contributed by atoms with Gasteiger partial charge in [-0.25, -0.2) is 9.47 Å². The molecule has 0 bridgehead atoms. The number of carbonyl (C=O) groups excluding carboxylic acids is 1. The van der Waals surface area contributed by atoms with Crippen molar-refractivity contribution in [1.29, 1.82) is 0 Å². The number of hydrogen-bond acceptors (Lipinski definition) is 6. The molecule has 1 amide bonds. The summed E-state index contributed by atoms with van der Waals surface area (Å²) in [5.41, 5.74) is 0.579. The Balaban J connectivity index is 1.58. The van der Waals surface area contributed by atoms with Gasteiger partial charge < -0.3 is 15.1 Å². The minimum absolute atomic E-state index is 0.0864. The van der Waals surface area contributed by atoms with Gasteiger partial charge >= 0.3 is 6.09 Å². The number of rotatable bonds is 7. The molecule has 1 aromatic heterocycles. The standard InChI is InChI=1S/C24H38N6O2/c1-18(2)22-27-26-19(3)30(22)29-16-14-28(15-17-29)13-12-21(20-10-8-7-9-11-20)25-23(31)32-24(4,5)6/h7-11,18,21H,12-17H2,1-6H3,(H,25,31)/t21-/m0/s1. The van der Waals surface area contributed by atoms with Crippen LogP contribution in [0.4, 0.5) is 4.79 Å². The molecule has 3 rings (SSSR count). The van der Waals surface area contributed by atoms with Crippen LogP contribution in [0.25, 0.3) is 0 Å². The highest BCUT2D eigenvalue weighted by Gasteiger charge is 2.25. The minimum atomic E-state index is -0.517. The number of amides is 1. The van der Waals surface area contributed by atoms with E-state index in [0.717, 1.165) is 56.4 Å². The Morgan fingerprint density at radius 3 is 2.34 bits per heavy atom. The molecule has 0 spiro atoms. The Morgan fingerprint density at radius 2 is 1.75 bits per heavy atom. The monoisotopic (exact) mass is 442 g/mol. The molecule has 176 valence electrons. The molecule has 1 aromatic carbocycles. The molecule has 0 saturated carbocycles. The molecule has 1 aliphatic heterocycles. The molecule has 1 saturated heterocycles. The molecule has 32 heavy (non-hydrogen) atoms. The van der Waals surface area contributed by atoms with E-state index in [4.69, 9.17) is 4.74 Å². The summed E-state index contributed by atoms with van der Waals surface area (Å²) in [6, 6.07) is 10.0. The summed E-state index contributed by atoms with van der Waals surface area (Å²) in [6.45, 7) is 16.6. The molecule has 8 heteroatoms. The lowest BCUT2D eigenvalue weighted by Crippen LogP contribution is -2.52. The third kappa shape index (κ3) is 6.45. The fraction of sp³-hybridized carbons (Fsp3) is 0.625. The van der Waals surface area contributed by atoms with Crippen molar-refractivity contribution in [2.24, 2.45) is 0 Å². The number of piperazine rings is 1. The SMILES string of the molecule is Cc1nnc(C(C)C)n1N1CCN(CC[C@H](NC(=O)OC(C)(C)C)c2ccccc2)CC1. The zero-order valence-corrected chi connectivity index (χ0v) is 20.3. The normalized spacial score (nSPS) is 16.3. The van der Waals surface area contributed by atoms with Gasteiger partial charge in [-0.3, -0.25) is 4.90 Å². The van der Waals surface area contributed by atoms with Crippen molar-refractivity contribution >= 4 is 6.09 Å². The summed E-state index contributed by atoms with van der Waals surface area (Å²) in [5, 5.41) is 14.1. The van der Waals surface area contributed by atoms with Gasteiger partial charge in [-0.2, -0.15) is 0 Å². The molecule has 0 aliphatic carbocycles. The largest absolute Gasteiger partial charge is 0.444 e. The summed E-state index contributed by atoms with van der Waals surface area (Å²) in [7, 11) is 0. The number of carbonyl (C=O) groups is 1.